The third-order valence-corrected chi connectivity index (χ3v) is 4.61. The molecule has 2 heterocycles. The van der Waals surface area contributed by atoms with Crippen LogP contribution < -0.4 is 4.74 Å². The number of aromatic nitrogens is 2. The second-order valence-corrected chi connectivity index (χ2v) is 7.69. The number of aliphatic hydroxyl groups excluding tert-OH is 1. The largest absolute Gasteiger partial charge is 0.503 e. The van der Waals surface area contributed by atoms with E-state index in [1.165, 1.54) is 17.9 Å². The first-order valence-corrected chi connectivity index (χ1v) is 9.11. The van der Waals surface area contributed by atoms with Crippen molar-refractivity contribution in [1.82, 2.24) is 9.55 Å². The van der Waals surface area contributed by atoms with Crippen LogP contribution in [-0.2, 0) is 6.61 Å². The second kappa shape index (κ2) is 7.60. The van der Waals surface area contributed by atoms with E-state index >= 15 is 0 Å². The molecular formula is C22H24N2O5. The van der Waals surface area contributed by atoms with Gasteiger partial charge in [-0.25, -0.2) is 4.98 Å². The Balaban J connectivity index is 2.41. The minimum atomic E-state index is -0.805. The summed E-state index contributed by atoms with van der Waals surface area (Å²) >= 11 is 0. The highest BCUT2D eigenvalue weighted by atomic mass is 16.5. The topological polar surface area (TPSA) is 105 Å². The molecule has 0 saturated carbocycles. The zero-order valence-electron chi connectivity index (χ0n) is 16.8. The number of carbonyl (C=O) groups excluding carboxylic acids is 1. The fraction of sp³-hybridized carbons (Fsp3) is 0.273. The number of aromatic hydroxyl groups is 2. The van der Waals surface area contributed by atoms with Gasteiger partial charge in [-0.15, -0.1) is 0 Å². The third kappa shape index (κ3) is 3.56. The number of Topliss-reactive ketones (excluding diaryl/α,β-unsaturated/α-hetero) is 1. The van der Waals surface area contributed by atoms with Crippen LogP contribution >= 0.6 is 0 Å². The summed E-state index contributed by atoms with van der Waals surface area (Å²) in [5.41, 5.74) is 0.580. The van der Waals surface area contributed by atoms with Crippen LogP contribution in [0.4, 0.5) is 0 Å². The lowest BCUT2D eigenvalue weighted by atomic mass is 9.85. The molecule has 0 aliphatic carbocycles. The Kier molecular flexibility index (Phi) is 5.35. The van der Waals surface area contributed by atoms with Crippen molar-refractivity contribution in [1.29, 1.82) is 0 Å². The maximum absolute atomic E-state index is 13.2. The van der Waals surface area contributed by atoms with Crippen molar-refractivity contribution in [2.45, 2.75) is 27.4 Å². The van der Waals surface area contributed by atoms with Crippen LogP contribution in [0.3, 0.4) is 0 Å². The number of nitrogens with zero attached hydrogens (tertiary/aromatic N) is 2. The summed E-state index contributed by atoms with van der Waals surface area (Å²) in [6.07, 6.45) is 1.46. The monoisotopic (exact) mass is 396 g/mol. The van der Waals surface area contributed by atoms with E-state index in [4.69, 9.17) is 4.74 Å². The summed E-state index contributed by atoms with van der Waals surface area (Å²) in [6, 6.07) is 10.3. The van der Waals surface area contributed by atoms with Gasteiger partial charge >= 0.3 is 0 Å². The van der Waals surface area contributed by atoms with Gasteiger partial charge < -0.3 is 20.1 Å². The van der Waals surface area contributed by atoms with Gasteiger partial charge in [0.25, 0.3) is 0 Å². The SMILES string of the molecule is COc1ccccc1-c1c(C(=O)C(C)(C)C)c(O)c(O)n1-c1ccc(CO)cn1. The van der Waals surface area contributed by atoms with Crippen LogP contribution in [0.25, 0.3) is 17.1 Å². The van der Waals surface area contributed by atoms with Gasteiger partial charge in [-0.3, -0.25) is 9.36 Å². The normalized spacial score (nSPS) is 11.5. The molecule has 0 spiro atoms. The van der Waals surface area contributed by atoms with Gasteiger partial charge in [0.15, 0.2) is 11.5 Å². The van der Waals surface area contributed by atoms with Gasteiger partial charge in [-0.05, 0) is 23.8 Å². The number of para-hydroxylation sites is 1. The minimum absolute atomic E-state index is 0.00691. The quantitative estimate of drug-likeness (QED) is 0.568. The molecular weight excluding hydrogens is 372 g/mol. The molecule has 0 aliphatic rings. The van der Waals surface area contributed by atoms with Gasteiger partial charge in [0.2, 0.25) is 5.88 Å². The van der Waals surface area contributed by atoms with Crippen molar-refractivity contribution in [3.63, 3.8) is 0 Å². The van der Waals surface area contributed by atoms with E-state index < -0.39 is 17.0 Å². The molecule has 152 valence electrons. The smallest absolute Gasteiger partial charge is 0.241 e. The number of hydrogen-bond acceptors (Lipinski definition) is 6. The highest BCUT2D eigenvalue weighted by molar-refractivity contribution is 6.08. The van der Waals surface area contributed by atoms with E-state index in [1.807, 2.05) is 0 Å². The maximum Gasteiger partial charge on any atom is 0.241 e. The van der Waals surface area contributed by atoms with Crippen molar-refractivity contribution >= 4 is 5.78 Å². The number of pyridine rings is 1. The summed E-state index contributed by atoms with van der Waals surface area (Å²) in [7, 11) is 1.51. The molecule has 0 radical (unpaired) electrons. The zero-order valence-corrected chi connectivity index (χ0v) is 16.8. The molecule has 0 atom stereocenters. The molecule has 3 rings (SSSR count). The highest BCUT2D eigenvalue weighted by Crippen LogP contribution is 2.47. The Morgan fingerprint density at radius 1 is 1.14 bits per heavy atom. The van der Waals surface area contributed by atoms with E-state index in [2.05, 4.69) is 4.98 Å². The lowest BCUT2D eigenvalue weighted by Crippen LogP contribution is -2.21. The number of ether oxygens (including phenoxy) is 1. The summed E-state index contributed by atoms with van der Waals surface area (Å²) in [6.45, 7) is 5.04. The summed E-state index contributed by atoms with van der Waals surface area (Å²) < 4.78 is 6.77. The van der Waals surface area contributed by atoms with E-state index in [0.29, 0.717) is 16.9 Å². The number of carbonyl (C=O) groups is 1. The standard InChI is InChI=1S/C22H24N2O5/c1-22(2,3)20(27)17-18(14-7-5-6-8-15(14)29-4)24(21(28)19(17)26)16-10-9-13(12-25)11-23-16/h5-11,25-26,28H,12H2,1-4H3. The molecule has 0 fully saturated rings. The second-order valence-electron chi connectivity index (χ2n) is 7.69. The number of aliphatic hydroxyl groups is 1. The van der Waals surface area contributed by atoms with Gasteiger partial charge in [0, 0.05) is 17.2 Å². The lowest BCUT2D eigenvalue weighted by molar-refractivity contribution is 0.0856. The lowest BCUT2D eigenvalue weighted by Gasteiger charge is -2.19. The number of hydrogen-bond donors (Lipinski definition) is 3. The number of rotatable bonds is 5. The van der Waals surface area contributed by atoms with Gasteiger partial charge in [0.1, 0.15) is 11.6 Å². The Morgan fingerprint density at radius 3 is 2.38 bits per heavy atom. The van der Waals surface area contributed by atoms with Crippen molar-refractivity contribution in [2.75, 3.05) is 7.11 Å². The van der Waals surface area contributed by atoms with Crippen LogP contribution in [-0.4, -0.2) is 37.8 Å². The van der Waals surface area contributed by atoms with Crippen LogP contribution in [0.1, 0.15) is 36.7 Å². The molecule has 7 heteroatoms. The molecule has 0 aliphatic heterocycles. The molecule has 0 unspecified atom stereocenters. The average Bonchev–Trinajstić information content (AvgIpc) is 2.97. The molecule has 29 heavy (non-hydrogen) atoms. The summed E-state index contributed by atoms with van der Waals surface area (Å²) in [5, 5.41) is 30.7. The minimum Gasteiger partial charge on any atom is -0.503 e. The van der Waals surface area contributed by atoms with Crippen molar-refractivity contribution < 1.29 is 24.9 Å². The first kappa shape index (κ1) is 20.4. The molecule has 1 aromatic carbocycles. The number of benzene rings is 1. The maximum atomic E-state index is 13.2. The molecule has 0 bridgehead atoms. The third-order valence-electron chi connectivity index (χ3n) is 4.61. The fourth-order valence-electron chi connectivity index (χ4n) is 3.10. The fourth-order valence-corrected chi connectivity index (χ4v) is 3.10. The van der Waals surface area contributed by atoms with E-state index in [1.54, 1.807) is 57.2 Å². The van der Waals surface area contributed by atoms with Crippen LogP contribution in [0.2, 0.25) is 0 Å². The van der Waals surface area contributed by atoms with Gasteiger partial charge in [-0.1, -0.05) is 39.0 Å². The molecule has 2 aromatic heterocycles. The van der Waals surface area contributed by atoms with Gasteiger partial charge in [0.05, 0.1) is 25.0 Å². The Hall–Kier alpha value is -3.32. The van der Waals surface area contributed by atoms with E-state index in [0.717, 1.165) is 0 Å². The molecule has 7 nitrogen and oxygen atoms in total. The summed E-state index contributed by atoms with van der Waals surface area (Å²) in [4.78, 5) is 17.5. The van der Waals surface area contributed by atoms with Crippen molar-refractivity contribution in [3.05, 3.63) is 53.7 Å². The van der Waals surface area contributed by atoms with Crippen molar-refractivity contribution in [3.8, 4) is 34.5 Å². The van der Waals surface area contributed by atoms with Crippen molar-refractivity contribution in [2.24, 2.45) is 5.41 Å². The zero-order chi connectivity index (χ0) is 21.3. The van der Waals surface area contributed by atoms with E-state index in [-0.39, 0.29) is 29.5 Å². The highest BCUT2D eigenvalue weighted by Gasteiger charge is 2.35. The summed E-state index contributed by atoms with van der Waals surface area (Å²) in [5.74, 6) is -0.594. The Morgan fingerprint density at radius 2 is 1.83 bits per heavy atom. The van der Waals surface area contributed by atoms with E-state index in [9.17, 15) is 20.1 Å². The molecule has 0 amide bonds. The number of ketones is 1. The first-order valence-electron chi connectivity index (χ1n) is 9.11. The predicted octanol–water partition coefficient (Wildman–Crippen LogP) is 3.68. The van der Waals surface area contributed by atoms with Crippen LogP contribution in [0, 0.1) is 5.41 Å². The molecule has 3 N–H and O–H groups in total. The average molecular weight is 396 g/mol. The molecule has 0 saturated heterocycles. The van der Waals surface area contributed by atoms with Crippen LogP contribution in [0.15, 0.2) is 42.6 Å². The van der Waals surface area contributed by atoms with Gasteiger partial charge in [-0.2, -0.15) is 0 Å². The number of methoxy groups -OCH3 is 1. The van der Waals surface area contributed by atoms with Crippen LogP contribution in [0.5, 0.6) is 17.4 Å². The first-order chi connectivity index (χ1) is 13.7. The molecule has 3 aromatic rings. The predicted molar refractivity (Wildman–Crippen MR) is 109 cm³/mol. The Bertz CT molecular complexity index is 1050. The Labute approximate surface area is 168 Å².